The third-order valence-electron chi connectivity index (χ3n) is 2.54. The Labute approximate surface area is 130 Å². The first-order valence-corrected chi connectivity index (χ1v) is 7.43. The van der Waals surface area contributed by atoms with Crippen molar-refractivity contribution < 1.29 is 0 Å². The number of nitrogens with zero attached hydrogens (tertiary/aromatic N) is 3. The average molecular weight is 312 g/mol. The van der Waals surface area contributed by atoms with E-state index in [1.807, 2.05) is 45.0 Å². The van der Waals surface area contributed by atoms with Gasteiger partial charge in [0.05, 0.1) is 5.71 Å². The van der Waals surface area contributed by atoms with Gasteiger partial charge in [-0.15, -0.1) is 0 Å². The van der Waals surface area contributed by atoms with Gasteiger partial charge in [0.2, 0.25) is 0 Å². The molecular formula is C15H19Cl2N3. The van der Waals surface area contributed by atoms with Gasteiger partial charge < -0.3 is 0 Å². The van der Waals surface area contributed by atoms with Crippen LogP contribution in [0.3, 0.4) is 0 Å². The van der Waals surface area contributed by atoms with Crippen LogP contribution in [0.2, 0.25) is 5.02 Å². The van der Waals surface area contributed by atoms with E-state index >= 15 is 0 Å². The lowest BCUT2D eigenvalue weighted by Gasteiger charge is -2.19. The normalized spacial score (nSPS) is 14.6. The second-order valence-corrected chi connectivity index (χ2v) is 4.54. The maximum atomic E-state index is 6.18. The van der Waals surface area contributed by atoms with Gasteiger partial charge in [-0.25, -0.2) is 5.01 Å². The third kappa shape index (κ3) is 4.36. The number of aliphatic imine (C=N–C) groups is 1. The van der Waals surface area contributed by atoms with Crippen LogP contribution in [0.15, 0.2) is 45.6 Å². The van der Waals surface area contributed by atoms with Gasteiger partial charge in [0.15, 0.2) is 0 Å². The van der Waals surface area contributed by atoms with Gasteiger partial charge in [-0.3, -0.25) is 4.99 Å². The van der Waals surface area contributed by atoms with Gasteiger partial charge in [0.1, 0.15) is 11.8 Å². The molecule has 1 aliphatic rings. The van der Waals surface area contributed by atoms with Crippen molar-refractivity contribution in [2.45, 2.75) is 27.2 Å². The Kier molecular flexibility index (Phi) is 7.34. The zero-order chi connectivity index (χ0) is 15.0. The molecular weight excluding hydrogens is 293 g/mol. The van der Waals surface area contributed by atoms with Crippen molar-refractivity contribution in [2.24, 2.45) is 10.1 Å². The Morgan fingerprint density at radius 2 is 2.00 bits per heavy atom. The fraction of sp³-hybridized carbons (Fsp3) is 0.333. The van der Waals surface area contributed by atoms with Crippen molar-refractivity contribution in [2.75, 3.05) is 6.67 Å². The molecule has 0 saturated carbocycles. The van der Waals surface area contributed by atoms with Gasteiger partial charge in [-0.1, -0.05) is 62.2 Å². The monoisotopic (exact) mass is 311 g/mol. The predicted octanol–water partition coefficient (Wildman–Crippen LogP) is 4.90. The van der Waals surface area contributed by atoms with E-state index in [9.17, 15) is 0 Å². The number of rotatable bonds is 3. The highest BCUT2D eigenvalue weighted by molar-refractivity contribution is 6.34. The summed E-state index contributed by atoms with van der Waals surface area (Å²) in [5.74, 6) is 0. The van der Waals surface area contributed by atoms with E-state index in [0.29, 0.717) is 16.8 Å². The molecule has 5 heteroatoms. The van der Waals surface area contributed by atoms with Gasteiger partial charge in [0, 0.05) is 16.8 Å². The minimum absolute atomic E-state index is 0.434. The number of hydrogen-bond donors (Lipinski definition) is 0. The number of halogens is 2. The predicted molar refractivity (Wildman–Crippen MR) is 88.8 cm³/mol. The highest BCUT2D eigenvalue weighted by Crippen LogP contribution is 2.20. The molecule has 0 aromatic heterocycles. The molecule has 20 heavy (non-hydrogen) atoms. The van der Waals surface area contributed by atoms with Gasteiger partial charge in [-0.05, 0) is 18.6 Å². The van der Waals surface area contributed by atoms with E-state index in [2.05, 4.69) is 10.1 Å². The summed E-state index contributed by atoms with van der Waals surface area (Å²) in [6, 6.07) is 7.65. The van der Waals surface area contributed by atoms with Crippen LogP contribution in [0.25, 0.3) is 0 Å². The largest absolute Gasteiger partial charge is 0.270 e. The third-order valence-corrected chi connectivity index (χ3v) is 3.19. The van der Waals surface area contributed by atoms with E-state index in [0.717, 1.165) is 17.7 Å². The highest BCUT2D eigenvalue weighted by atomic mass is 35.5. The molecule has 0 saturated heterocycles. The first-order chi connectivity index (χ1) is 9.72. The molecule has 0 spiro atoms. The molecule has 0 N–H and O–H groups in total. The maximum absolute atomic E-state index is 6.18. The van der Waals surface area contributed by atoms with Crippen molar-refractivity contribution in [3.05, 3.63) is 46.1 Å². The first-order valence-electron chi connectivity index (χ1n) is 6.68. The van der Waals surface area contributed by atoms with Crippen LogP contribution in [0.4, 0.5) is 0 Å². The molecule has 3 nitrogen and oxygen atoms in total. The van der Waals surface area contributed by atoms with Crippen LogP contribution < -0.4 is 0 Å². The molecule has 108 valence electrons. The number of allylic oxidation sites excluding steroid dienone is 1. The van der Waals surface area contributed by atoms with Crippen LogP contribution in [-0.4, -0.2) is 23.6 Å². The Morgan fingerprint density at radius 1 is 1.30 bits per heavy atom. The molecule has 1 heterocycles. The van der Waals surface area contributed by atoms with Crippen LogP contribution >= 0.6 is 23.2 Å². The molecule has 1 aliphatic heterocycles. The highest BCUT2D eigenvalue weighted by Gasteiger charge is 2.11. The molecule has 0 aliphatic carbocycles. The molecule has 0 radical (unpaired) electrons. The average Bonchev–Trinajstić information content (AvgIpc) is 2.49. The van der Waals surface area contributed by atoms with Crippen molar-refractivity contribution in [3.63, 3.8) is 0 Å². The summed E-state index contributed by atoms with van der Waals surface area (Å²) in [6.07, 6.45) is 4.16. The van der Waals surface area contributed by atoms with E-state index < -0.39 is 0 Å². The van der Waals surface area contributed by atoms with Crippen LogP contribution in [0.5, 0.6) is 0 Å². The summed E-state index contributed by atoms with van der Waals surface area (Å²) in [4.78, 5) is 4.11. The minimum atomic E-state index is 0.434. The van der Waals surface area contributed by atoms with E-state index in [4.69, 9.17) is 23.2 Å². The van der Waals surface area contributed by atoms with Crippen molar-refractivity contribution in [3.8, 4) is 0 Å². The lowest BCUT2D eigenvalue weighted by Crippen LogP contribution is -2.20. The fourth-order valence-corrected chi connectivity index (χ4v) is 2.02. The zero-order valence-corrected chi connectivity index (χ0v) is 13.5. The van der Waals surface area contributed by atoms with Gasteiger partial charge >= 0.3 is 0 Å². The Morgan fingerprint density at radius 3 is 2.60 bits per heavy atom. The minimum Gasteiger partial charge on any atom is -0.270 e. The van der Waals surface area contributed by atoms with Crippen LogP contribution in [0, 0.1) is 0 Å². The van der Waals surface area contributed by atoms with Crippen molar-refractivity contribution in [1.29, 1.82) is 0 Å². The number of benzene rings is 1. The SMILES string of the molecule is CC.CC/C(=N\N1CN=CC=C1Cl)c1ccccc1Cl. The molecule has 0 fully saturated rings. The van der Waals surface area contributed by atoms with E-state index in [1.165, 1.54) is 0 Å². The smallest absolute Gasteiger partial charge is 0.132 e. The molecule has 1 aromatic rings. The van der Waals surface area contributed by atoms with Crippen LogP contribution in [-0.2, 0) is 0 Å². The van der Waals surface area contributed by atoms with Gasteiger partial charge in [-0.2, -0.15) is 5.10 Å². The summed E-state index contributed by atoms with van der Waals surface area (Å²) in [5, 5.41) is 7.43. The Bertz CT molecular complexity index is 522. The molecule has 0 amide bonds. The lowest BCUT2D eigenvalue weighted by atomic mass is 10.1. The summed E-state index contributed by atoms with van der Waals surface area (Å²) < 4.78 is 0. The maximum Gasteiger partial charge on any atom is 0.132 e. The van der Waals surface area contributed by atoms with Crippen molar-refractivity contribution >= 4 is 35.1 Å². The quantitative estimate of drug-likeness (QED) is 0.576. The Hall–Kier alpha value is -1.32. The molecule has 0 bridgehead atoms. The van der Waals surface area contributed by atoms with Crippen LogP contribution in [0.1, 0.15) is 32.8 Å². The summed E-state index contributed by atoms with van der Waals surface area (Å²) in [7, 11) is 0. The summed E-state index contributed by atoms with van der Waals surface area (Å²) >= 11 is 12.2. The topological polar surface area (TPSA) is 28.0 Å². The number of hydrogen-bond acceptors (Lipinski definition) is 3. The summed E-state index contributed by atoms with van der Waals surface area (Å²) in [5.41, 5.74) is 1.82. The summed E-state index contributed by atoms with van der Waals surface area (Å²) in [6.45, 7) is 6.47. The zero-order valence-electron chi connectivity index (χ0n) is 12.0. The molecule has 1 aromatic carbocycles. The lowest BCUT2D eigenvalue weighted by molar-refractivity contribution is 0.397. The standard InChI is InChI=1S/C13H13Cl2N3.C2H6/c1-2-12(10-5-3-4-6-11(10)14)17-18-9-16-8-7-13(18)15;1-2/h3-8H,2,9H2,1H3;1-2H3/b17-12+;. The molecule has 0 unspecified atom stereocenters. The molecule has 0 atom stereocenters. The second kappa shape index (κ2) is 8.77. The second-order valence-electron chi connectivity index (χ2n) is 3.74. The first kappa shape index (κ1) is 16.7. The fourth-order valence-electron chi connectivity index (χ4n) is 1.63. The van der Waals surface area contributed by atoms with Crippen molar-refractivity contribution in [1.82, 2.24) is 5.01 Å². The van der Waals surface area contributed by atoms with E-state index in [-0.39, 0.29) is 0 Å². The molecule has 2 rings (SSSR count). The van der Waals surface area contributed by atoms with E-state index in [1.54, 1.807) is 17.3 Å². The number of hydrazone groups is 1. The Balaban J connectivity index is 0.000000956. The van der Waals surface area contributed by atoms with Gasteiger partial charge in [0.25, 0.3) is 0 Å².